The molecule has 0 spiro atoms. The molecule has 2 aromatic carbocycles. The van der Waals surface area contributed by atoms with Gasteiger partial charge in [-0.2, -0.15) is 4.98 Å². The molecule has 0 aliphatic carbocycles. The Bertz CT molecular complexity index is 1420. The summed E-state index contributed by atoms with van der Waals surface area (Å²) in [6.45, 7) is 7.38. The zero-order valence-corrected chi connectivity index (χ0v) is 18.9. The Hall–Kier alpha value is -3.79. The number of nitrogens with one attached hydrogen (secondary N) is 2. The van der Waals surface area contributed by atoms with Crippen molar-refractivity contribution in [2.45, 2.75) is 32.6 Å². The standard InChI is InChI=1S/C22H22N6O3S/c1-13-6-5-7-14(2)19(13)27-32(30,31)18-10-8-17(9-11-18)24-21(29)20-25-22-23-15(3)12-16(4)28(22)26-20/h5-12,27H,1-4H3,(H,24,29). The van der Waals surface area contributed by atoms with Crippen LogP contribution in [0.25, 0.3) is 5.78 Å². The zero-order valence-electron chi connectivity index (χ0n) is 18.0. The fraction of sp³-hybridized carbons (Fsp3) is 0.182. The summed E-state index contributed by atoms with van der Waals surface area (Å²) >= 11 is 0. The van der Waals surface area contributed by atoms with Gasteiger partial charge in [0.05, 0.1) is 10.6 Å². The van der Waals surface area contributed by atoms with Crippen molar-refractivity contribution in [2.24, 2.45) is 0 Å². The summed E-state index contributed by atoms with van der Waals surface area (Å²) in [6.07, 6.45) is 0. The van der Waals surface area contributed by atoms with Gasteiger partial charge in [0.1, 0.15) is 0 Å². The summed E-state index contributed by atoms with van der Waals surface area (Å²) in [5.74, 6) is -0.205. The van der Waals surface area contributed by atoms with E-state index in [0.717, 1.165) is 22.5 Å². The smallest absolute Gasteiger partial charge is 0.295 e. The number of amides is 1. The molecule has 10 heteroatoms. The lowest BCUT2D eigenvalue weighted by molar-refractivity contribution is 0.101. The van der Waals surface area contributed by atoms with Crippen LogP contribution in [0.3, 0.4) is 0 Å². The van der Waals surface area contributed by atoms with E-state index >= 15 is 0 Å². The lowest BCUT2D eigenvalue weighted by Crippen LogP contribution is -2.16. The Morgan fingerprint density at radius 2 is 1.59 bits per heavy atom. The maximum absolute atomic E-state index is 12.8. The predicted molar refractivity (Wildman–Crippen MR) is 121 cm³/mol. The van der Waals surface area contributed by atoms with E-state index in [4.69, 9.17) is 0 Å². The van der Waals surface area contributed by atoms with E-state index in [2.05, 4.69) is 25.1 Å². The minimum Gasteiger partial charge on any atom is -0.319 e. The van der Waals surface area contributed by atoms with E-state index in [-0.39, 0.29) is 10.7 Å². The van der Waals surface area contributed by atoms with Crippen LogP contribution in [0.2, 0.25) is 0 Å². The van der Waals surface area contributed by atoms with Gasteiger partial charge in [0.15, 0.2) is 0 Å². The fourth-order valence-electron chi connectivity index (χ4n) is 3.34. The van der Waals surface area contributed by atoms with Crippen molar-refractivity contribution in [3.8, 4) is 0 Å². The summed E-state index contributed by atoms with van der Waals surface area (Å²) in [5, 5.41) is 6.87. The van der Waals surface area contributed by atoms with Crippen LogP contribution in [0.1, 0.15) is 33.1 Å². The quantitative estimate of drug-likeness (QED) is 0.481. The number of benzene rings is 2. The van der Waals surface area contributed by atoms with Gasteiger partial charge in [0, 0.05) is 17.1 Å². The second kappa shape index (κ2) is 8.04. The van der Waals surface area contributed by atoms with Crippen molar-refractivity contribution in [1.82, 2.24) is 19.6 Å². The number of aromatic nitrogens is 4. The Morgan fingerprint density at radius 3 is 2.25 bits per heavy atom. The molecule has 0 fully saturated rings. The molecule has 32 heavy (non-hydrogen) atoms. The normalized spacial score (nSPS) is 11.5. The molecule has 0 aliphatic heterocycles. The molecule has 9 nitrogen and oxygen atoms in total. The van der Waals surface area contributed by atoms with Crippen LogP contribution < -0.4 is 10.0 Å². The summed E-state index contributed by atoms with van der Waals surface area (Å²) < 4.78 is 29.7. The molecular weight excluding hydrogens is 428 g/mol. The van der Waals surface area contributed by atoms with Gasteiger partial charge in [-0.15, -0.1) is 5.10 Å². The Morgan fingerprint density at radius 1 is 0.938 bits per heavy atom. The summed E-state index contributed by atoms with van der Waals surface area (Å²) in [6, 6.07) is 13.3. The van der Waals surface area contributed by atoms with Crippen LogP contribution in [-0.4, -0.2) is 33.9 Å². The number of hydrogen-bond donors (Lipinski definition) is 2. The molecule has 2 N–H and O–H groups in total. The van der Waals surface area contributed by atoms with E-state index in [1.54, 1.807) is 0 Å². The Balaban J connectivity index is 1.52. The van der Waals surface area contributed by atoms with Crippen LogP contribution in [0.5, 0.6) is 0 Å². The third-order valence-corrected chi connectivity index (χ3v) is 6.33. The van der Waals surface area contributed by atoms with E-state index in [1.807, 2.05) is 52.0 Å². The lowest BCUT2D eigenvalue weighted by Gasteiger charge is -2.13. The van der Waals surface area contributed by atoms with Gasteiger partial charge in [-0.05, 0) is 69.2 Å². The van der Waals surface area contributed by atoms with Crippen LogP contribution in [-0.2, 0) is 10.0 Å². The first-order chi connectivity index (χ1) is 15.1. The minimum atomic E-state index is -3.78. The molecule has 0 atom stereocenters. The topological polar surface area (TPSA) is 118 Å². The monoisotopic (exact) mass is 450 g/mol. The molecule has 0 aliphatic rings. The fourth-order valence-corrected chi connectivity index (χ4v) is 4.54. The van der Waals surface area contributed by atoms with Crippen LogP contribution in [0.15, 0.2) is 53.4 Å². The molecule has 0 saturated carbocycles. The maximum atomic E-state index is 12.8. The first-order valence-corrected chi connectivity index (χ1v) is 11.3. The van der Waals surface area contributed by atoms with E-state index < -0.39 is 15.9 Å². The number of carbonyl (C=O) groups excluding carboxylic acids is 1. The first kappa shape index (κ1) is 21.4. The SMILES string of the molecule is Cc1cc(C)n2nc(C(=O)Nc3ccc(S(=O)(=O)Nc4c(C)cccc4C)cc3)nc2n1. The zero-order chi connectivity index (χ0) is 23.0. The van der Waals surface area contributed by atoms with Crippen LogP contribution >= 0.6 is 0 Å². The summed E-state index contributed by atoms with van der Waals surface area (Å²) in [4.78, 5) is 21.1. The predicted octanol–water partition coefficient (Wildman–Crippen LogP) is 3.41. The first-order valence-electron chi connectivity index (χ1n) is 9.85. The average molecular weight is 451 g/mol. The summed E-state index contributed by atoms with van der Waals surface area (Å²) in [7, 11) is -3.78. The number of sulfonamides is 1. The number of para-hydroxylation sites is 1. The van der Waals surface area contributed by atoms with Gasteiger partial charge in [0.2, 0.25) is 5.82 Å². The van der Waals surface area contributed by atoms with Gasteiger partial charge >= 0.3 is 0 Å². The van der Waals surface area contributed by atoms with Crippen molar-refractivity contribution in [3.63, 3.8) is 0 Å². The molecule has 0 unspecified atom stereocenters. The van der Waals surface area contributed by atoms with Crippen molar-refractivity contribution in [2.75, 3.05) is 10.0 Å². The molecule has 2 aromatic heterocycles. The molecule has 1 amide bonds. The maximum Gasteiger partial charge on any atom is 0.295 e. The van der Waals surface area contributed by atoms with Gasteiger partial charge in [-0.3, -0.25) is 9.52 Å². The molecule has 2 heterocycles. The van der Waals surface area contributed by atoms with Gasteiger partial charge in [-0.25, -0.2) is 17.9 Å². The van der Waals surface area contributed by atoms with E-state index in [1.165, 1.54) is 28.8 Å². The van der Waals surface area contributed by atoms with E-state index in [0.29, 0.717) is 17.2 Å². The van der Waals surface area contributed by atoms with Crippen molar-refractivity contribution >= 4 is 33.1 Å². The number of nitrogens with zero attached hydrogens (tertiary/aromatic N) is 4. The van der Waals surface area contributed by atoms with Gasteiger partial charge in [-0.1, -0.05) is 18.2 Å². The number of aryl methyl sites for hydroxylation is 4. The highest BCUT2D eigenvalue weighted by Crippen LogP contribution is 2.24. The van der Waals surface area contributed by atoms with Gasteiger partial charge in [0.25, 0.3) is 21.7 Å². The molecular formula is C22H22N6O3S. The van der Waals surface area contributed by atoms with Crippen LogP contribution in [0.4, 0.5) is 11.4 Å². The minimum absolute atomic E-state index is 0.0282. The lowest BCUT2D eigenvalue weighted by atomic mass is 10.1. The Labute approximate surface area is 185 Å². The Kier molecular flexibility index (Phi) is 5.39. The molecule has 0 saturated heterocycles. The van der Waals surface area contributed by atoms with Crippen molar-refractivity contribution < 1.29 is 13.2 Å². The number of rotatable bonds is 5. The highest BCUT2D eigenvalue weighted by Gasteiger charge is 2.18. The molecule has 164 valence electrons. The second-order valence-corrected chi connectivity index (χ2v) is 9.22. The summed E-state index contributed by atoms with van der Waals surface area (Å²) in [5.41, 5.74) is 4.23. The van der Waals surface area contributed by atoms with Gasteiger partial charge < -0.3 is 5.32 Å². The number of fused-ring (bicyclic) bond motifs is 1. The molecule has 0 bridgehead atoms. The third kappa shape index (κ3) is 4.17. The number of anilines is 2. The number of hydrogen-bond acceptors (Lipinski definition) is 6. The van der Waals surface area contributed by atoms with Crippen molar-refractivity contribution in [3.05, 3.63) is 76.9 Å². The van der Waals surface area contributed by atoms with Crippen LogP contribution in [0, 0.1) is 27.7 Å². The third-order valence-electron chi connectivity index (χ3n) is 4.96. The number of carbonyl (C=O) groups is 1. The molecule has 4 rings (SSSR count). The highest BCUT2D eigenvalue weighted by molar-refractivity contribution is 7.92. The van der Waals surface area contributed by atoms with Crippen molar-refractivity contribution in [1.29, 1.82) is 0 Å². The highest BCUT2D eigenvalue weighted by atomic mass is 32.2. The molecule has 4 aromatic rings. The van der Waals surface area contributed by atoms with E-state index in [9.17, 15) is 13.2 Å². The molecule has 0 radical (unpaired) electrons. The largest absolute Gasteiger partial charge is 0.319 e. The average Bonchev–Trinajstić information content (AvgIpc) is 3.16. The second-order valence-electron chi connectivity index (χ2n) is 7.54.